The zero-order valence-electron chi connectivity index (χ0n) is 60.3. The maximum atomic E-state index is 5.17. The van der Waals surface area contributed by atoms with Crippen LogP contribution in [0.5, 0.6) is 0 Å². The Morgan fingerprint density at radius 2 is 0.570 bits per heavy atom. The summed E-state index contributed by atoms with van der Waals surface area (Å²) in [4.78, 5) is 30.8. The summed E-state index contributed by atoms with van der Waals surface area (Å²) in [7, 11) is 0. The van der Waals surface area contributed by atoms with Crippen molar-refractivity contribution >= 4 is 275 Å². The lowest BCUT2D eigenvalue weighted by Crippen LogP contribution is -1.89. The normalized spacial score (nSPS) is 12.6. The molecule has 114 heavy (non-hydrogen) atoms. The smallest absolute Gasteiger partial charge is 0.165 e. The van der Waals surface area contributed by atoms with Crippen LogP contribution in [0.15, 0.2) is 322 Å². The number of thiophene rings is 3. The lowest BCUT2D eigenvalue weighted by atomic mass is 9.97. The second-order valence-electron chi connectivity index (χ2n) is 30.3. The Morgan fingerprint density at radius 1 is 0.193 bits per heavy atom. The zero-order chi connectivity index (χ0) is 73.9. The van der Waals surface area contributed by atoms with E-state index in [-0.39, 0.29) is 0 Å². The molecule has 0 saturated carbocycles. The van der Waals surface area contributed by atoms with Crippen molar-refractivity contribution in [1.82, 2.24) is 43.1 Å². The lowest BCUT2D eigenvalue weighted by molar-refractivity contribution is 1.28. The molecule has 0 radical (unpaired) electrons. The fraction of sp³-hybridized carbons (Fsp3) is 0. The van der Waals surface area contributed by atoms with E-state index < -0.39 is 0 Å². The van der Waals surface area contributed by atoms with Gasteiger partial charge in [-0.15, -0.1) is 34.0 Å². The predicted molar refractivity (Wildman–Crippen MR) is 485 cm³/mol. The van der Waals surface area contributed by atoms with Gasteiger partial charge in [0.05, 0.1) is 80.3 Å². The van der Waals surface area contributed by atoms with E-state index >= 15 is 0 Å². The molecule has 0 atom stereocenters. The third-order valence-electron chi connectivity index (χ3n) is 24.3. The van der Waals surface area contributed by atoms with Crippen LogP contribution in [-0.4, -0.2) is 43.1 Å². The quantitative estimate of drug-likeness (QED) is 0.171. The van der Waals surface area contributed by atoms with Gasteiger partial charge in [0.15, 0.2) is 16.9 Å². The first-order valence-electron chi connectivity index (χ1n) is 38.5. The summed E-state index contributed by atoms with van der Waals surface area (Å²) in [5.74, 6) is 0. The molecule has 0 unspecified atom stereocenters. The Morgan fingerprint density at radius 3 is 1.17 bits per heavy atom. The Kier molecular flexibility index (Phi) is 12.2. The molecule has 0 fully saturated rings. The van der Waals surface area contributed by atoms with Crippen molar-refractivity contribution in [1.29, 1.82) is 0 Å². The Hall–Kier alpha value is -14.4. The summed E-state index contributed by atoms with van der Waals surface area (Å²) in [6.07, 6.45) is 0. The molecule has 0 aliphatic carbocycles. The van der Waals surface area contributed by atoms with Gasteiger partial charge in [0.2, 0.25) is 0 Å². The van der Waals surface area contributed by atoms with E-state index in [0.717, 1.165) is 77.4 Å². The van der Waals surface area contributed by atoms with Crippen molar-refractivity contribution in [2.45, 2.75) is 0 Å². The molecular weight excluding hydrogens is 1450 g/mol. The average molecular weight is 1500 g/mol. The first kappa shape index (κ1) is 61.4. The largest absolute Gasteiger partial charge is 0.290 e. The van der Waals surface area contributed by atoms with Gasteiger partial charge in [-0.05, 0) is 133 Å². The molecular formula is C102H53N9S3. The second kappa shape index (κ2) is 22.7. The molecule has 0 amide bonds. The van der Waals surface area contributed by atoms with Crippen LogP contribution in [0.25, 0.3) is 263 Å². The molecule has 12 heteroatoms. The van der Waals surface area contributed by atoms with Gasteiger partial charge in [-0.1, -0.05) is 243 Å². The third kappa shape index (κ3) is 8.33. The van der Waals surface area contributed by atoms with Crippen molar-refractivity contribution in [2.24, 2.45) is 0 Å². The van der Waals surface area contributed by atoms with Gasteiger partial charge in [0, 0.05) is 94.9 Å². The van der Waals surface area contributed by atoms with E-state index in [9.17, 15) is 0 Å². The number of hydrogen-bond donors (Lipinski definition) is 0. The van der Waals surface area contributed by atoms with E-state index in [1.165, 1.54) is 186 Å². The Labute approximate surface area is 657 Å². The first-order chi connectivity index (χ1) is 56.5. The minimum absolute atomic E-state index is 0.923. The fourth-order valence-electron chi connectivity index (χ4n) is 19.3. The highest BCUT2D eigenvalue weighted by atomic mass is 32.1. The van der Waals surface area contributed by atoms with Crippen LogP contribution >= 0.6 is 34.0 Å². The van der Waals surface area contributed by atoms with Crippen LogP contribution < -0.4 is 0 Å². The first-order valence-corrected chi connectivity index (χ1v) is 40.9. The van der Waals surface area contributed by atoms with Gasteiger partial charge in [0.25, 0.3) is 0 Å². The molecule has 29 rings (SSSR count). The minimum atomic E-state index is 0.923. The van der Waals surface area contributed by atoms with Crippen LogP contribution in [0.1, 0.15) is 0 Å². The minimum Gasteiger partial charge on any atom is -0.290 e. The fourth-order valence-corrected chi connectivity index (χ4v) is 23.0. The molecule has 0 aliphatic heterocycles. The maximum Gasteiger partial charge on any atom is 0.165 e. The molecule has 0 spiro atoms. The number of rotatable bonds is 2. The van der Waals surface area contributed by atoms with Crippen LogP contribution in [0, 0.1) is 0 Å². The van der Waals surface area contributed by atoms with Gasteiger partial charge < -0.3 is 0 Å². The molecule has 0 saturated heterocycles. The lowest BCUT2D eigenvalue weighted by Gasteiger charge is -2.07. The van der Waals surface area contributed by atoms with Crippen LogP contribution in [-0.2, 0) is 0 Å². The van der Waals surface area contributed by atoms with Gasteiger partial charge in [0.1, 0.15) is 16.6 Å². The number of para-hydroxylation sites is 8. The number of aromatic nitrogens is 9. The molecule has 29 aromatic rings. The van der Waals surface area contributed by atoms with E-state index in [4.69, 9.17) is 29.9 Å². The maximum absolute atomic E-state index is 5.17. The van der Waals surface area contributed by atoms with E-state index in [1.807, 2.05) is 82.5 Å². The second-order valence-corrected chi connectivity index (χ2v) is 33.4. The summed E-state index contributed by atoms with van der Waals surface area (Å²) < 4.78 is 15.0. The molecule has 0 N–H and O–H groups in total. The van der Waals surface area contributed by atoms with Gasteiger partial charge >= 0.3 is 0 Å². The topological polar surface area (TPSA) is 90.6 Å². The zero-order valence-corrected chi connectivity index (χ0v) is 62.8. The van der Waals surface area contributed by atoms with Crippen molar-refractivity contribution in [3.8, 4) is 22.3 Å². The number of benzene rings is 17. The van der Waals surface area contributed by atoms with Gasteiger partial charge in [-0.2, -0.15) is 0 Å². The molecule has 12 aromatic heterocycles. The van der Waals surface area contributed by atoms with Crippen LogP contribution in [0.3, 0.4) is 0 Å². The Balaban J connectivity index is 0.0000000925. The SMILES string of the molecule is c1ccc2c(-c3ccc4sc5c(ccc6c7cccc8c9nc%10ccccc%10nc9n(c78)c65)c4c3)cccc2c1.c1ccc2c(c1)cc1c3nc4ccccc4nc3n3c4c(ccc5c6ccccc6sc54)c2c13.c1ccc2cc(-c3ccc4sc5c(ccc6c7cccc8c9nc%10ccccc%10nc9n(c78)c65)c4c3)ccc2c1. The summed E-state index contributed by atoms with van der Waals surface area (Å²) in [6.45, 7) is 0. The number of hydrogen-bond acceptors (Lipinski definition) is 9. The molecule has 9 nitrogen and oxygen atoms in total. The van der Waals surface area contributed by atoms with Crippen molar-refractivity contribution in [3.05, 3.63) is 322 Å². The van der Waals surface area contributed by atoms with Gasteiger partial charge in [-0.25, -0.2) is 29.9 Å². The molecule has 17 aromatic carbocycles. The van der Waals surface area contributed by atoms with Crippen LogP contribution in [0.2, 0.25) is 0 Å². The van der Waals surface area contributed by atoms with E-state index in [1.54, 1.807) is 0 Å². The highest BCUT2D eigenvalue weighted by Gasteiger charge is 2.28. The predicted octanol–water partition coefficient (Wildman–Crippen LogP) is 28.2. The number of fused-ring (bicyclic) bond motifs is 37. The highest BCUT2D eigenvalue weighted by molar-refractivity contribution is 7.27. The molecule has 0 bridgehead atoms. The average Bonchev–Trinajstić information content (AvgIpc) is 1.54. The monoisotopic (exact) mass is 1500 g/mol. The van der Waals surface area contributed by atoms with E-state index in [2.05, 4.69) is 286 Å². The standard InChI is InChI=1S/2C36H19N3S.C30H15N3S/c1-2-9-22-20(7-1)8-5-10-23(22)21-15-18-31-28(19-21)26-17-16-25-24-11-6-12-27-32-36(38-30-14-4-3-13-29(30)37-32)39(33(24)27)34(25)35(26)40-31;1-2-7-21-18-22(13-12-20(21)6-1)23-14-17-31-28(19-23)26-16-15-25-24-8-5-9-27-32-36(38-30-11-4-3-10-29(30)37-32)39(33(24)27)34(25)35(26)40-31;1-2-8-17-16(7-1)15-21-26-30(32-23-11-5-4-10-22(23)31-26)33-27(21)25(17)20-14-13-19-18-9-3-6-12-24(18)34-29(19)28(20)33/h2*1-19H;1-15H. The van der Waals surface area contributed by atoms with Crippen LogP contribution in [0.4, 0.5) is 0 Å². The molecule has 0 aliphatic rings. The number of nitrogens with zero attached hydrogens (tertiary/aromatic N) is 9. The summed E-state index contributed by atoms with van der Waals surface area (Å²) >= 11 is 5.62. The summed E-state index contributed by atoms with van der Waals surface area (Å²) in [5, 5.41) is 26.5. The summed E-state index contributed by atoms with van der Waals surface area (Å²) in [6, 6.07) is 116. The summed E-state index contributed by atoms with van der Waals surface area (Å²) in [5.41, 5.74) is 23.7. The highest BCUT2D eigenvalue weighted by Crippen LogP contribution is 2.51. The Bertz CT molecular complexity index is 9290. The third-order valence-corrected chi connectivity index (χ3v) is 27.9. The van der Waals surface area contributed by atoms with Crippen molar-refractivity contribution in [3.63, 3.8) is 0 Å². The molecule has 524 valence electrons. The van der Waals surface area contributed by atoms with Crippen molar-refractivity contribution < 1.29 is 0 Å². The molecule has 12 heterocycles. The van der Waals surface area contributed by atoms with Gasteiger partial charge in [-0.3, -0.25) is 13.2 Å². The van der Waals surface area contributed by atoms with Crippen molar-refractivity contribution in [2.75, 3.05) is 0 Å². The van der Waals surface area contributed by atoms with E-state index in [0.29, 0.717) is 0 Å².